The first kappa shape index (κ1) is 38.4. The minimum absolute atomic E-state index is 0.130. The molecule has 0 saturated heterocycles. The molecule has 2 heterocycles. The number of benzene rings is 4. The highest BCUT2D eigenvalue weighted by Gasteiger charge is 2.33. The Morgan fingerprint density at radius 2 is 1.25 bits per heavy atom. The van der Waals surface area contributed by atoms with Crippen LogP contribution in [0.2, 0.25) is 20.1 Å². The molecule has 4 aromatic carbocycles. The molecule has 0 saturated carbocycles. The Kier molecular flexibility index (Phi) is 10.6. The van der Waals surface area contributed by atoms with Crippen molar-refractivity contribution in [3.05, 3.63) is 133 Å². The fourth-order valence-corrected chi connectivity index (χ4v) is 9.10. The summed E-state index contributed by atoms with van der Waals surface area (Å²) in [5, 5.41) is 14.2. The summed E-state index contributed by atoms with van der Waals surface area (Å²) in [6, 6.07) is 22.6. The molecule has 0 bridgehead atoms. The summed E-state index contributed by atoms with van der Waals surface area (Å²) in [5.74, 6) is -0.374. The fourth-order valence-electron chi connectivity index (χ4n) is 7.59. The minimum Gasteiger partial charge on any atom is -0.351 e. The predicted octanol–water partition coefficient (Wildman–Crippen LogP) is 10.0. The summed E-state index contributed by atoms with van der Waals surface area (Å²) in [6.07, 6.45) is 5.08. The number of hydrogen-bond acceptors (Lipinski definition) is 6. The number of amides is 1. The molecule has 0 unspecified atom stereocenters. The Labute approximate surface area is 343 Å². The highest BCUT2D eigenvalue weighted by molar-refractivity contribution is 7.85. The van der Waals surface area contributed by atoms with E-state index in [1.165, 1.54) is 12.1 Å². The van der Waals surface area contributed by atoms with Crippen LogP contribution in [0.25, 0.3) is 33.9 Å². The summed E-state index contributed by atoms with van der Waals surface area (Å²) < 4.78 is 36.7. The Morgan fingerprint density at radius 3 is 1.91 bits per heavy atom. The van der Waals surface area contributed by atoms with Crippen molar-refractivity contribution in [3.63, 3.8) is 0 Å². The maximum absolute atomic E-state index is 13.7. The van der Waals surface area contributed by atoms with Gasteiger partial charge in [-0.15, -0.1) is 0 Å². The lowest BCUT2D eigenvalue weighted by Gasteiger charge is -2.10. The maximum atomic E-state index is 13.7. The lowest BCUT2D eigenvalue weighted by atomic mass is 10.0. The van der Waals surface area contributed by atoms with Gasteiger partial charge in [-0.05, 0) is 72.5 Å². The van der Waals surface area contributed by atoms with E-state index in [0.717, 1.165) is 48.1 Å². The second kappa shape index (κ2) is 15.5. The lowest BCUT2D eigenvalue weighted by molar-refractivity contribution is 0.0943. The van der Waals surface area contributed by atoms with Crippen LogP contribution in [0.4, 0.5) is 0 Å². The number of fused-ring (bicyclic) bond motifs is 6. The average molecular weight is 850 g/mol. The third-order valence-electron chi connectivity index (χ3n) is 10.2. The van der Waals surface area contributed by atoms with Crippen molar-refractivity contribution in [1.29, 1.82) is 0 Å². The number of Topliss-reactive ketones (excluding diaryl/α,β-unsaturated/α-hetero) is 1. The molecule has 2 aromatic heterocycles. The van der Waals surface area contributed by atoms with Crippen LogP contribution in [-0.2, 0) is 23.0 Å². The third kappa shape index (κ3) is 7.28. The van der Waals surface area contributed by atoms with Crippen molar-refractivity contribution >= 4 is 68.2 Å². The number of carbonyl (C=O) groups excluding carboxylic acids is 2. The van der Waals surface area contributed by atoms with Crippen molar-refractivity contribution in [2.45, 2.75) is 56.3 Å². The molecule has 56 heavy (non-hydrogen) atoms. The van der Waals surface area contributed by atoms with Crippen LogP contribution in [0.1, 0.15) is 81.8 Å². The number of ketones is 1. The number of nitrogens with one attached hydrogen (secondary N) is 1. The largest absolute Gasteiger partial charge is 0.351 e. The van der Waals surface area contributed by atoms with E-state index in [1.54, 1.807) is 51.8 Å². The zero-order valence-electron chi connectivity index (χ0n) is 29.7. The molecular weight excluding hydrogens is 816 g/mol. The summed E-state index contributed by atoms with van der Waals surface area (Å²) in [5.41, 5.74) is 8.36. The van der Waals surface area contributed by atoms with Crippen molar-refractivity contribution in [2.75, 3.05) is 6.54 Å². The van der Waals surface area contributed by atoms with E-state index in [2.05, 4.69) is 11.4 Å². The van der Waals surface area contributed by atoms with Crippen LogP contribution in [0.3, 0.4) is 0 Å². The van der Waals surface area contributed by atoms with Gasteiger partial charge in [-0.25, -0.2) is 9.36 Å². The number of rotatable bonds is 13. The summed E-state index contributed by atoms with van der Waals surface area (Å²) in [7, 11) is -4.42. The van der Waals surface area contributed by atoms with Gasteiger partial charge in [0.1, 0.15) is 5.69 Å². The van der Waals surface area contributed by atoms with Gasteiger partial charge in [-0.3, -0.25) is 14.1 Å². The second-order valence-corrected chi connectivity index (χ2v) is 17.0. The van der Waals surface area contributed by atoms with E-state index in [9.17, 15) is 22.6 Å². The number of nitrogens with zero attached hydrogens (tertiary/aromatic N) is 4. The number of hydrogen-bond donors (Lipinski definition) is 2. The van der Waals surface area contributed by atoms with Gasteiger partial charge in [0.05, 0.1) is 37.7 Å². The normalized spacial score (nSPS) is 12.7. The van der Waals surface area contributed by atoms with Gasteiger partial charge in [0.25, 0.3) is 16.0 Å². The Morgan fingerprint density at radius 1 is 0.679 bits per heavy atom. The summed E-state index contributed by atoms with van der Waals surface area (Å²) in [6.45, 7) is 0.477. The van der Waals surface area contributed by atoms with E-state index >= 15 is 0 Å². The monoisotopic (exact) mass is 847 g/mol. The molecule has 0 fully saturated rings. The van der Waals surface area contributed by atoms with Crippen LogP contribution >= 0.6 is 46.4 Å². The number of carbonyl (C=O) groups is 2. The van der Waals surface area contributed by atoms with E-state index in [4.69, 9.17) is 56.6 Å². The van der Waals surface area contributed by atoms with E-state index in [-0.39, 0.29) is 29.4 Å². The Bertz CT molecular complexity index is 2690. The highest BCUT2D eigenvalue weighted by atomic mass is 35.5. The van der Waals surface area contributed by atoms with Crippen molar-refractivity contribution < 1.29 is 22.6 Å². The van der Waals surface area contributed by atoms with Gasteiger partial charge in [-0.1, -0.05) is 96.0 Å². The molecule has 10 nitrogen and oxygen atoms in total. The van der Waals surface area contributed by atoms with Crippen LogP contribution < -0.4 is 5.32 Å². The molecule has 286 valence electrons. The molecule has 0 radical (unpaired) electrons. The highest BCUT2D eigenvalue weighted by Crippen LogP contribution is 2.43. The number of unbranched alkanes of at least 4 members (excludes halogenated alkanes) is 4. The zero-order chi connectivity index (χ0) is 39.3. The molecule has 2 aliphatic rings. The topological polar surface area (TPSA) is 136 Å². The van der Waals surface area contributed by atoms with E-state index in [0.29, 0.717) is 84.6 Å². The second-order valence-electron chi connectivity index (χ2n) is 13.9. The fraction of sp³-hybridized carbons (Fsp3) is 0.220. The van der Waals surface area contributed by atoms with Crippen LogP contribution in [-0.4, -0.2) is 50.8 Å². The van der Waals surface area contributed by atoms with Gasteiger partial charge in [0.2, 0.25) is 0 Å². The molecular formula is C41H33Cl4N5O5S. The summed E-state index contributed by atoms with van der Waals surface area (Å²) in [4.78, 5) is 26.9. The van der Waals surface area contributed by atoms with E-state index < -0.39 is 10.1 Å². The molecule has 8 rings (SSSR count). The zero-order valence-corrected chi connectivity index (χ0v) is 33.5. The number of aromatic nitrogens is 4. The standard InChI is InChI=1S/C41H33Cl4N5O5S/c42-25-11-15-34(32(44)21-25)49-40-29-14-13-27(56(53,54)55)18-24(29)20-30(40)37(47-49)36(51)10-4-2-1-3-7-17-46-41(52)38-31-19-23-8-5-6-9-28(23)39(31)50(48-38)35-16-12-26(43)22-33(35)45/h5-6,8-9,11-16,18,21-22H,1-4,7,10,17,19-20H2,(H,46,52)(H,53,54,55). The van der Waals surface area contributed by atoms with Crippen LogP contribution in [0, 0.1) is 0 Å². The molecule has 0 atom stereocenters. The third-order valence-corrected chi connectivity index (χ3v) is 12.2. The quantitative estimate of drug-likeness (QED) is 0.0670. The van der Waals surface area contributed by atoms with Gasteiger partial charge >= 0.3 is 0 Å². The minimum atomic E-state index is -4.42. The molecule has 0 spiro atoms. The first-order valence-electron chi connectivity index (χ1n) is 18.0. The molecule has 1 amide bonds. The molecule has 0 aliphatic heterocycles. The van der Waals surface area contributed by atoms with Crippen molar-refractivity contribution in [3.8, 4) is 33.9 Å². The average Bonchev–Trinajstić information content (AvgIpc) is 3.91. The van der Waals surface area contributed by atoms with Gasteiger partial charge in [0.15, 0.2) is 11.5 Å². The Balaban J connectivity index is 0.883. The number of halogens is 4. The van der Waals surface area contributed by atoms with Gasteiger partial charge < -0.3 is 5.32 Å². The Hall–Kier alpha value is -4.49. The summed E-state index contributed by atoms with van der Waals surface area (Å²) >= 11 is 25.5. The van der Waals surface area contributed by atoms with E-state index in [1.807, 2.05) is 18.2 Å². The molecule has 6 aromatic rings. The smallest absolute Gasteiger partial charge is 0.294 e. The molecule has 2 N–H and O–H groups in total. The first-order chi connectivity index (χ1) is 26.9. The van der Waals surface area contributed by atoms with Crippen LogP contribution in [0.15, 0.2) is 83.8 Å². The van der Waals surface area contributed by atoms with Gasteiger partial charge in [0, 0.05) is 58.1 Å². The predicted molar refractivity (Wildman–Crippen MR) is 218 cm³/mol. The molecule has 2 aliphatic carbocycles. The van der Waals surface area contributed by atoms with Crippen molar-refractivity contribution in [1.82, 2.24) is 24.9 Å². The lowest BCUT2D eigenvalue weighted by Crippen LogP contribution is -2.26. The van der Waals surface area contributed by atoms with Crippen LogP contribution in [0.5, 0.6) is 0 Å². The maximum Gasteiger partial charge on any atom is 0.294 e. The first-order valence-corrected chi connectivity index (χ1v) is 21.0. The molecule has 15 heteroatoms. The van der Waals surface area contributed by atoms with Gasteiger partial charge in [-0.2, -0.15) is 18.6 Å². The SMILES string of the molecule is O=C(CCCCCCCNC(=O)c1nn(-c2ccc(Cl)cc2Cl)c2c1Cc1ccccc1-2)c1nn(-c2ccc(Cl)cc2Cl)c2c1Cc1cc(S(=O)(=O)O)ccc1-2. The van der Waals surface area contributed by atoms with Crippen molar-refractivity contribution in [2.24, 2.45) is 0 Å².